The van der Waals surface area contributed by atoms with Crippen LogP contribution < -0.4 is 0 Å². The maximum atomic E-state index is 8.67. The van der Waals surface area contributed by atoms with Gasteiger partial charge in [0.2, 0.25) is 0 Å². The van der Waals surface area contributed by atoms with Crippen molar-refractivity contribution in [3.63, 3.8) is 0 Å². The van der Waals surface area contributed by atoms with E-state index in [1.165, 1.54) is 0 Å². The van der Waals surface area contributed by atoms with Crippen molar-refractivity contribution in [3.8, 4) is 11.5 Å². The van der Waals surface area contributed by atoms with Crippen LogP contribution in [0.2, 0.25) is 0 Å². The highest BCUT2D eigenvalue weighted by Crippen LogP contribution is 2.15. The third kappa shape index (κ3) is 1.64. The van der Waals surface area contributed by atoms with Crippen molar-refractivity contribution in [1.82, 2.24) is 19.9 Å². The highest BCUT2D eigenvalue weighted by atomic mass is 16.5. The van der Waals surface area contributed by atoms with Gasteiger partial charge in [-0.05, 0) is 0 Å². The first-order valence-corrected chi connectivity index (χ1v) is 4.22. The third-order valence-electron chi connectivity index (χ3n) is 1.76. The summed E-state index contributed by atoms with van der Waals surface area (Å²) in [6, 6.07) is 0. The molecule has 0 radical (unpaired) electrons. The lowest BCUT2D eigenvalue weighted by molar-refractivity contribution is 0.293. The summed E-state index contributed by atoms with van der Waals surface area (Å²) in [5.74, 6) is 0.938. The highest BCUT2D eigenvalue weighted by Gasteiger charge is 2.09. The first-order valence-electron chi connectivity index (χ1n) is 4.22. The number of aromatic nitrogens is 4. The van der Waals surface area contributed by atoms with Gasteiger partial charge in [0.1, 0.15) is 0 Å². The molecular weight excluding hydrogens is 184 g/mol. The number of nitrogens with zero attached hydrogens (tertiary/aromatic N) is 4. The van der Waals surface area contributed by atoms with Gasteiger partial charge in [-0.15, -0.1) is 0 Å². The van der Waals surface area contributed by atoms with Gasteiger partial charge in [0, 0.05) is 19.7 Å². The monoisotopic (exact) mass is 194 g/mol. The molecule has 0 fully saturated rings. The summed E-state index contributed by atoms with van der Waals surface area (Å²) in [7, 11) is 1.81. The van der Waals surface area contributed by atoms with Crippen molar-refractivity contribution in [2.75, 3.05) is 6.61 Å². The molecule has 0 aliphatic carbocycles. The summed E-state index contributed by atoms with van der Waals surface area (Å²) in [6.07, 6.45) is 3.84. The molecular formula is C8H10N4O2. The predicted molar refractivity (Wildman–Crippen MR) is 47.3 cm³/mol. The van der Waals surface area contributed by atoms with E-state index in [-0.39, 0.29) is 6.61 Å². The van der Waals surface area contributed by atoms with Gasteiger partial charge < -0.3 is 9.63 Å². The molecule has 2 heterocycles. The Balaban J connectivity index is 2.24. The number of hydrogen-bond acceptors (Lipinski definition) is 5. The standard InChI is InChI=1S/C8H10N4O2/c1-12-5-6(4-9-12)8-10-7(2-3-13)11-14-8/h4-5,13H,2-3H2,1H3. The van der Waals surface area contributed by atoms with E-state index in [1.807, 2.05) is 7.05 Å². The number of aryl methyl sites for hydroxylation is 1. The first-order chi connectivity index (χ1) is 6.79. The molecule has 0 bridgehead atoms. The fourth-order valence-electron chi connectivity index (χ4n) is 1.10. The van der Waals surface area contributed by atoms with E-state index >= 15 is 0 Å². The summed E-state index contributed by atoms with van der Waals surface area (Å²) < 4.78 is 6.65. The molecule has 0 saturated carbocycles. The quantitative estimate of drug-likeness (QED) is 0.744. The van der Waals surface area contributed by atoms with Gasteiger partial charge in [-0.25, -0.2) is 0 Å². The van der Waals surface area contributed by atoms with E-state index in [9.17, 15) is 0 Å². The molecule has 74 valence electrons. The SMILES string of the molecule is Cn1cc(-c2nc(CCO)no2)cn1. The Morgan fingerprint density at radius 1 is 1.57 bits per heavy atom. The molecule has 0 atom stereocenters. The number of aliphatic hydroxyl groups excluding tert-OH is 1. The fraction of sp³-hybridized carbons (Fsp3) is 0.375. The van der Waals surface area contributed by atoms with Gasteiger partial charge in [-0.3, -0.25) is 4.68 Å². The van der Waals surface area contributed by atoms with E-state index in [0.717, 1.165) is 5.56 Å². The first kappa shape index (κ1) is 8.89. The Morgan fingerprint density at radius 3 is 3.07 bits per heavy atom. The molecule has 0 spiro atoms. The van der Waals surface area contributed by atoms with Crippen LogP contribution in [-0.4, -0.2) is 31.6 Å². The molecule has 0 aromatic carbocycles. The van der Waals surface area contributed by atoms with Crippen LogP contribution in [0.1, 0.15) is 5.82 Å². The smallest absolute Gasteiger partial charge is 0.261 e. The van der Waals surface area contributed by atoms with Crippen LogP contribution in [-0.2, 0) is 13.5 Å². The van der Waals surface area contributed by atoms with Gasteiger partial charge in [0.15, 0.2) is 5.82 Å². The minimum atomic E-state index is 0.0199. The molecule has 0 aliphatic rings. The molecule has 6 heteroatoms. The molecule has 14 heavy (non-hydrogen) atoms. The summed E-state index contributed by atoms with van der Waals surface area (Å²) >= 11 is 0. The summed E-state index contributed by atoms with van der Waals surface area (Å²) in [4.78, 5) is 4.09. The van der Waals surface area contributed by atoms with Crippen molar-refractivity contribution >= 4 is 0 Å². The lowest BCUT2D eigenvalue weighted by Gasteiger charge is -1.84. The van der Waals surface area contributed by atoms with E-state index in [0.29, 0.717) is 18.1 Å². The maximum Gasteiger partial charge on any atom is 0.261 e. The zero-order valence-electron chi connectivity index (χ0n) is 7.71. The van der Waals surface area contributed by atoms with Crippen molar-refractivity contribution in [1.29, 1.82) is 0 Å². The van der Waals surface area contributed by atoms with Crippen LogP contribution in [0.3, 0.4) is 0 Å². The van der Waals surface area contributed by atoms with Crippen molar-refractivity contribution in [2.24, 2.45) is 7.05 Å². The number of aliphatic hydroxyl groups is 1. The summed E-state index contributed by atoms with van der Waals surface area (Å²) in [5, 5.41) is 16.4. The number of hydrogen-bond donors (Lipinski definition) is 1. The van der Waals surface area contributed by atoms with Gasteiger partial charge in [-0.2, -0.15) is 10.1 Å². The minimum absolute atomic E-state index is 0.0199. The van der Waals surface area contributed by atoms with E-state index in [2.05, 4.69) is 15.2 Å². The van der Waals surface area contributed by atoms with Crippen LogP contribution >= 0.6 is 0 Å². The third-order valence-corrected chi connectivity index (χ3v) is 1.76. The van der Waals surface area contributed by atoms with E-state index in [1.54, 1.807) is 17.1 Å². The lowest BCUT2D eigenvalue weighted by Crippen LogP contribution is -1.92. The van der Waals surface area contributed by atoms with Crippen LogP contribution in [0.4, 0.5) is 0 Å². The second kappa shape index (κ2) is 3.59. The molecule has 0 unspecified atom stereocenters. The summed E-state index contributed by atoms with van der Waals surface area (Å²) in [6.45, 7) is 0.0199. The average molecular weight is 194 g/mol. The molecule has 6 nitrogen and oxygen atoms in total. The summed E-state index contributed by atoms with van der Waals surface area (Å²) in [5.41, 5.74) is 0.782. The molecule has 0 saturated heterocycles. The molecule has 2 rings (SSSR count). The zero-order valence-corrected chi connectivity index (χ0v) is 7.71. The molecule has 2 aromatic heterocycles. The second-order valence-electron chi connectivity index (χ2n) is 2.89. The maximum absolute atomic E-state index is 8.67. The highest BCUT2D eigenvalue weighted by molar-refractivity contribution is 5.49. The van der Waals surface area contributed by atoms with Gasteiger partial charge in [0.25, 0.3) is 5.89 Å². The fourth-order valence-corrected chi connectivity index (χ4v) is 1.10. The van der Waals surface area contributed by atoms with Crippen molar-refractivity contribution < 1.29 is 9.63 Å². The van der Waals surface area contributed by atoms with Crippen LogP contribution in [0.15, 0.2) is 16.9 Å². The second-order valence-corrected chi connectivity index (χ2v) is 2.89. The van der Waals surface area contributed by atoms with Crippen molar-refractivity contribution in [2.45, 2.75) is 6.42 Å². The Bertz CT molecular complexity index is 420. The predicted octanol–water partition coefficient (Wildman–Crippen LogP) is 0.00490. The Labute approximate surface area is 80.2 Å². The average Bonchev–Trinajstić information content (AvgIpc) is 2.74. The molecule has 0 amide bonds. The van der Waals surface area contributed by atoms with E-state index in [4.69, 9.17) is 9.63 Å². The van der Waals surface area contributed by atoms with Gasteiger partial charge in [0.05, 0.1) is 18.4 Å². The topological polar surface area (TPSA) is 77.0 Å². The van der Waals surface area contributed by atoms with Gasteiger partial charge >= 0.3 is 0 Å². The van der Waals surface area contributed by atoms with Crippen molar-refractivity contribution in [3.05, 3.63) is 18.2 Å². The molecule has 1 N–H and O–H groups in total. The van der Waals surface area contributed by atoms with Crippen LogP contribution in [0.5, 0.6) is 0 Å². The van der Waals surface area contributed by atoms with Crippen LogP contribution in [0, 0.1) is 0 Å². The van der Waals surface area contributed by atoms with E-state index < -0.39 is 0 Å². The largest absolute Gasteiger partial charge is 0.396 e. The lowest BCUT2D eigenvalue weighted by atomic mass is 10.3. The zero-order chi connectivity index (χ0) is 9.97. The Kier molecular flexibility index (Phi) is 2.28. The van der Waals surface area contributed by atoms with Gasteiger partial charge in [-0.1, -0.05) is 5.16 Å². The van der Waals surface area contributed by atoms with Crippen LogP contribution in [0.25, 0.3) is 11.5 Å². The Hall–Kier alpha value is -1.69. The number of rotatable bonds is 3. The molecule has 0 aliphatic heterocycles. The molecule has 2 aromatic rings. The normalized spacial score (nSPS) is 10.7. The Morgan fingerprint density at radius 2 is 2.43 bits per heavy atom. The minimum Gasteiger partial charge on any atom is -0.396 e.